The zero-order valence-electron chi connectivity index (χ0n) is 21.3. The Morgan fingerprint density at radius 1 is 1.05 bits per heavy atom. The van der Waals surface area contributed by atoms with Gasteiger partial charge < -0.3 is 15.2 Å². The van der Waals surface area contributed by atoms with Crippen LogP contribution in [-0.4, -0.2) is 51.1 Å². The minimum atomic E-state index is -1.05. The standard InChI is InChI=1S/C29H26N4O5S/c1-17-3-5-18(6-4-17)23-15-24(19-9-13-22(38-2)14-10-19)33(32-23)29-31-27(35)25(39-29)16-26(34)30-21-11-7-20(8-12-21)28(36)37/h3-14,24-25H,15-16H2,1-2H3,(H,30,34)(H,36,37). The van der Waals surface area contributed by atoms with E-state index in [0.29, 0.717) is 17.3 Å². The van der Waals surface area contributed by atoms with Gasteiger partial charge in [0, 0.05) is 18.5 Å². The van der Waals surface area contributed by atoms with Gasteiger partial charge in [0.2, 0.25) is 5.91 Å². The third-order valence-corrected chi connectivity index (χ3v) is 7.65. The number of nitrogens with zero attached hydrogens (tertiary/aromatic N) is 3. The number of carbonyl (C=O) groups is 3. The highest BCUT2D eigenvalue weighted by Gasteiger charge is 2.39. The number of rotatable bonds is 7. The van der Waals surface area contributed by atoms with E-state index < -0.39 is 11.2 Å². The number of amides is 2. The Bertz CT molecular complexity index is 1470. The average Bonchev–Trinajstić information content (AvgIpc) is 3.53. The van der Waals surface area contributed by atoms with E-state index in [1.165, 1.54) is 36.0 Å². The Morgan fingerprint density at radius 2 is 1.74 bits per heavy atom. The third-order valence-electron chi connectivity index (χ3n) is 6.51. The molecule has 3 aromatic rings. The van der Waals surface area contributed by atoms with Gasteiger partial charge in [-0.05, 0) is 54.4 Å². The second-order valence-corrected chi connectivity index (χ2v) is 10.4. The van der Waals surface area contributed by atoms with Gasteiger partial charge in [0.1, 0.15) is 11.0 Å². The molecular formula is C29H26N4O5S. The van der Waals surface area contributed by atoms with Crippen molar-refractivity contribution in [1.82, 2.24) is 5.01 Å². The van der Waals surface area contributed by atoms with Crippen LogP contribution < -0.4 is 10.1 Å². The Morgan fingerprint density at radius 3 is 2.38 bits per heavy atom. The lowest BCUT2D eigenvalue weighted by atomic mass is 9.98. The molecule has 2 atom stereocenters. The topological polar surface area (TPSA) is 121 Å². The predicted octanol–water partition coefficient (Wildman–Crippen LogP) is 4.88. The summed E-state index contributed by atoms with van der Waals surface area (Å²) in [6.07, 6.45) is 0.549. The number of carboxylic acids is 1. The van der Waals surface area contributed by atoms with Crippen molar-refractivity contribution in [3.63, 3.8) is 0 Å². The molecule has 2 aliphatic heterocycles. The smallest absolute Gasteiger partial charge is 0.335 e. The van der Waals surface area contributed by atoms with Crippen molar-refractivity contribution in [1.29, 1.82) is 0 Å². The quantitative estimate of drug-likeness (QED) is 0.437. The monoisotopic (exact) mass is 542 g/mol. The van der Waals surface area contributed by atoms with Gasteiger partial charge >= 0.3 is 5.97 Å². The number of thioether (sulfide) groups is 1. The molecule has 0 spiro atoms. The first-order valence-electron chi connectivity index (χ1n) is 12.3. The van der Waals surface area contributed by atoms with Crippen LogP contribution in [0.1, 0.15) is 45.9 Å². The van der Waals surface area contributed by atoms with Gasteiger partial charge in [-0.1, -0.05) is 53.7 Å². The maximum atomic E-state index is 12.8. The first kappa shape index (κ1) is 26.2. The average molecular weight is 543 g/mol. The number of anilines is 1. The van der Waals surface area contributed by atoms with Crippen LogP contribution in [0.15, 0.2) is 82.9 Å². The van der Waals surface area contributed by atoms with Crippen molar-refractivity contribution >= 4 is 46.1 Å². The van der Waals surface area contributed by atoms with Gasteiger partial charge in [0.15, 0.2) is 5.17 Å². The maximum absolute atomic E-state index is 12.8. The molecule has 2 amide bonds. The van der Waals surface area contributed by atoms with E-state index in [-0.39, 0.29) is 29.8 Å². The van der Waals surface area contributed by atoms with Crippen LogP contribution in [0.3, 0.4) is 0 Å². The molecule has 0 aromatic heterocycles. The number of amidine groups is 1. The van der Waals surface area contributed by atoms with Crippen LogP contribution in [0.2, 0.25) is 0 Å². The SMILES string of the molecule is COc1ccc(C2CC(c3ccc(C)cc3)=NN2C2=NC(=O)C(CC(=O)Nc3ccc(C(=O)O)cc3)S2)cc1. The number of hydrazone groups is 1. The molecule has 3 aromatic carbocycles. The van der Waals surface area contributed by atoms with E-state index in [1.54, 1.807) is 12.1 Å². The fraction of sp³-hybridized carbons (Fsp3) is 0.207. The van der Waals surface area contributed by atoms with E-state index in [1.807, 2.05) is 55.5 Å². The summed E-state index contributed by atoms with van der Waals surface area (Å²) >= 11 is 1.22. The number of benzene rings is 3. The highest BCUT2D eigenvalue weighted by Crippen LogP contribution is 2.39. The van der Waals surface area contributed by atoms with Crippen molar-refractivity contribution in [3.8, 4) is 5.75 Å². The number of aryl methyl sites for hydroxylation is 1. The highest BCUT2D eigenvalue weighted by molar-refractivity contribution is 8.15. The van der Waals surface area contributed by atoms with Crippen LogP contribution in [0.25, 0.3) is 0 Å². The molecule has 39 heavy (non-hydrogen) atoms. The molecule has 10 heteroatoms. The normalized spacial score (nSPS) is 18.5. The molecule has 0 radical (unpaired) electrons. The highest BCUT2D eigenvalue weighted by atomic mass is 32.2. The van der Waals surface area contributed by atoms with Gasteiger partial charge in [-0.2, -0.15) is 10.1 Å². The Labute approximate surface area is 229 Å². The van der Waals surface area contributed by atoms with Crippen molar-refractivity contribution < 1.29 is 24.2 Å². The molecule has 2 heterocycles. The molecule has 0 saturated carbocycles. The van der Waals surface area contributed by atoms with E-state index in [0.717, 1.165) is 28.2 Å². The largest absolute Gasteiger partial charge is 0.497 e. The number of hydrogen-bond acceptors (Lipinski definition) is 7. The summed E-state index contributed by atoms with van der Waals surface area (Å²) in [5, 5.41) is 18.2. The summed E-state index contributed by atoms with van der Waals surface area (Å²) in [4.78, 5) is 40.8. The van der Waals surface area contributed by atoms with E-state index >= 15 is 0 Å². The molecule has 9 nitrogen and oxygen atoms in total. The van der Waals surface area contributed by atoms with Crippen molar-refractivity contribution in [3.05, 3.63) is 95.1 Å². The summed E-state index contributed by atoms with van der Waals surface area (Å²) < 4.78 is 5.31. The van der Waals surface area contributed by atoms with Gasteiger partial charge in [-0.15, -0.1) is 0 Å². The van der Waals surface area contributed by atoms with Crippen LogP contribution in [-0.2, 0) is 9.59 Å². The summed E-state index contributed by atoms with van der Waals surface area (Å²) in [7, 11) is 1.62. The molecule has 0 aliphatic carbocycles. The first-order valence-corrected chi connectivity index (χ1v) is 13.2. The van der Waals surface area contributed by atoms with E-state index in [9.17, 15) is 14.4 Å². The van der Waals surface area contributed by atoms with Gasteiger partial charge in [0.05, 0.1) is 24.4 Å². The van der Waals surface area contributed by atoms with Crippen LogP contribution in [0.4, 0.5) is 5.69 Å². The minimum absolute atomic E-state index is 0.0766. The van der Waals surface area contributed by atoms with Crippen molar-refractivity contribution in [2.24, 2.45) is 10.1 Å². The molecule has 2 aliphatic rings. The fourth-order valence-corrected chi connectivity index (χ4v) is 5.44. The minimum Gasteiger partial charge on any atom is -0.497 e. The number of carboxylic acid groups (broad SMARTS) is 1. The van der Waals surface area contributed by atoms with Crippen molar-refractivity contribution in [2.45, 2.75) is 31.1 Å². The first-order chi connectivity index (χ1) is 18.8. The predicted molar refractivity (Wildman–Crippen MR) is 150 cm³/mol. The molecule has 0 saturated heterocycles. The third kappa shape index (κ3) is 5.85. The van der Waals surface area contributed by atoms with Crippen LogP contribution in [0, 0.1) is 6.92 Å². The Hall–Kier alpha value is -4.44. The number of carbonyl (C=O) groups excluding carboxylic acids is 2. The molecule has 0 bridgehead atoms. The van der Waals surface area contributed by atoms with Gasteiger partial charge in [0.25, 0.3) is 5.91 Å². The van der Waals surface area contributed by atoms with E-state index in [2.05, 4.69) is 10.3 Å². The summed E-state index contributed by atoms with van der Waals surface area (Å²) in [6, 6.07) is 21.6. The Kier molecular flexibility index (Phi) is 7.47. The number of aliphatic imine (C=N–C) groups is 1. The molecular weight excluding hydrogens is 516 g/mol. The zero-order chi connectivity index (χ0) is 27.5. The molecule has 0 fully saturated rings. The number of hydrogen-bond donors (Lipinski definition) is 2. The lowest BCUT2D eigenvalue weighted by Gasteiger charge is -2.23. The molecule has 198 valence electrons. The lowest BCUT2D eigenvalue weighted by molar-refractivity contribution is -0.121. The summed E-state index contributed by atoms with van der Waals surface area (Å²) in [6.45, 7) is 2.03. The second-order valence-electron chi connectivity index (χ2n) is 9.22. The van der Waals surface area contributed by atoms with E-state index in [4.69, 9.17) is 14.9 Å². The summed E-state index contributed by atoms with van der Waals surface area (Å²) in [5.74, 6) is -1.06. The zero-order valence-corrected chi connectivity index (χ0v) is 22.1. The maximum Gasteiger partial charge on any atom is 0.335 e. The van der Waals surface area contributed by atoms with Crippen LogP contribution in [0.5, 0.6) is 5.75 Å². The number of ether oxygens (including phenoxy) is 1. The number of aromatic carboxylic acids is 1. The lowest BCUT2D eigenvalue weighted by Crippen LogP contribution is -2.25. The second kappa shape index (κ2) is 11.1. The van der Waals surface area contributed by atoms with Crippen LogP contribution >= 0.6 is 11.8 Å². The summed E-state index contributed by atoms with van der Waals surface area (Å²) in [5.41, 5.74) is 4.62. The molecule has 5 rings (SSSR count). The fourth-order valence-electron chi connectivity index (χ4n) is 4.37. The molecule has 2 unspecified atom stereocenters. The number of methoxy groups -OCH3 is 1. The van der Waals surface area contributed by atoms with Crippen molar-refractivity contribution in [2.75, 3.05) is 12.4 Å². The van der Waals surface area contributed by atoms with Gasteiger partial charge in [-0.25, -0.2) is 9.80 Å². The van der Waals surface area contributed by atoms with Gasteiger partial charge in [-0.3, -0.25) is 9.59 Å². The molecule has 2 N–H and O–H groups in total. The number of nitrogens with one attached hydrogen (secondary N) is 1. The Balaban J connectivity index is 1.32.